The van der Waals surface area contributed by atoms with E-state index in [1.807, 2.05) is 60.7 Å². The summed E-state index contributed by atoms with van der Waals surface area (Å²) in [6.07, 6.45) is 0. The Bertz CT molecular complexity index is 3240. The molecule has 0 fully saturated rings. The highest BCUT2D eigenvalue weighted by Crippen LogP contribution is 2.62. The lowest BCUT2D eigenvalue weighted by molar-refractivity contribution is 0.774. The largest absolute Gasteiger partial charge is 0.208 e. The summed E-state index contributed by atoms with van der Waals surface area (Å²) in [5.74, 6) is 1.95. The van der Waals surface area contributed by atoms with E-state index in [0.717, 1.165) is 22.3 Å². The van der Waals surface area contributed by atoms with Crippen molar-refractivity contribution in [1.82, 2.24) is 15.0 Å². The van der Waals surface area contributed by atoms with E-state index in [-0.39, 0.29) is 0 Å². The molecule has 280 valence electrons. The van der Waals surface area contributed by atoms with Crippen LogP contribution in [0.2, 0.25) is 0 Å². The zero-order valence-electron chi connectivity index (χ0n) is 33.0. The van der Waals surface area contributed by atoms with Crippen LogP contribution >= 0.6 is 0 Å². The molecule has 0 saturated carbocycles. The van der Waals surface area contributed by atoms with E-state index in [1.54, 1.807) is 0 Å². The van der Waals surface area contributed by atoms with Gasteiger partial charge in [0.25, 0.3) is 0 Å². The van der Waals surface area contributed by atoms with Gasteiger partial charge >= 0.3 is 0 Å². The lowest BCUT2D eigenvalue weighted by atomic mass is 9.61. The maximum atomic E-state index is 5.00. The van der Waals surface area contributed by atoms with Crippen LogP contribution in [0.15, 0.2) is 206 Å². The lowest BCUT2D eigenvalue weighted by Gasteiger charge is -2.40. The molecule has 0 aliphatic heterocycles. The Morgan fingerprint density at radius 3 is 1.30 bits per heavy atom. The molecule has 1 aromatic heterocycles. The topological polar surface area (TPSA) is 38.7 Å². The molecule has 12 rings (SSSR count). The molecule has 0 radical (unpaired) electrons. The predicted molar refractivity (Wildman–Crippen MR) is 246 cm³/mol. The molecular formula is C57H37N3. The summed E-state index contributed by atoms with van der Waals surface area (Å²) in [5.41, 5.74) is 18.8. The Morgan fingerprint density at radius 2 is 0.717 bits per heavy atom. The van der Waals surface area contributed by atoms with Gasteiger partial charge in [0.1, 0.15) is 0 Å². The first-order valence-corrected chi connectivity index (χ1v) is 20.6. The number of hydrogen-bond acceptors (Lipinski definition) is 3. The minimum atomic E-state index is -0.529. The summed E-state index contributed by atoms with van der Waals surface area (Å²) in [5, 5.41) is 2.59. The minimum Gasteiger partial charge on any atom is -0.208 e. The second kappa shape index (κ2) is 13.4. The van der Waals surface area contributed by atoms with Crippen molar-refractivity contribution in [2.75, 3.05) is 0 Å². The van der Waals surface area contributed by atoms with Crippen LogP contribution in [0.4, 0.5) is 0 Å². The van der Waals surface area contributed by atoms with E-state index in [0.29, 0.717) is 17.5 Å². The van der Waals surface area contributed by atoms with Gasteiger partial charge < -0.3 is 0 Å². The maximum absolute atomic E-state index is 5.00. The molecular weight excluding hydrogens is 727 g/mol. The van der Waals surface area contributed by atoms with Gasteiger partial charge in [-0.25, -0.2) is 15.0 Å². The molecule has 1 heterocycles. The molecule has 1 atom stereocenters. The molecule has 0 amide bonds. The summed E-state index contributed by atoms with van der Waals surface area (Å²) in [7, 11) is 0. The van der Waals surface area contributed by atoms with Crippen molar-refractivity contribution in [2.45, 2.75) is 12.3 Å². The number of nitrogens with zero attached hydrogens (tertiary/aromatic N) is 3. The number of rotatable bonds is 5. The fraction of sp³-hybridized carbons (Fsp3) is 0.0351. The van der Waals surface area contributed by atoms with Crippen molar-refractivity contribution in [3.63, 3.8) is 0 Å². The van der Waals surface area contributed by atoms with Crippen LogP contribution in [0, 0.1) is 6.92 Å². The second-order valence-corrected chi connectivity index (χ2v) is 16.0. The number of hydrogen-bond donors (Lipinski definition) is 0. The molecule has 9 aromatic carbocycles. The van der Waals surface area contributed by atoms with Crippen molar-refractivity contribution in [2.24, 2.45) is 0 Å². The summed E-state index contributed by atoms with van der Waals surface area (Å²) in [4.78, 5) is 14.9. The molecule has 3 heteroatoms. The first kappa shape index (κ1) is 34.3. The average molecular weight is 764 g/mol. The Kier molecular flexibility index (Phi) is 7.66. The summed E-state index contributed by atoms with van der Waals surface area (Å²) in [6, 6.07) is 74.9. The van der Waals surface area contributed by atoms with E-state index in [4.69, 9.17) is 15.0 Å². The molecule has 2 aliphatic carbocycles. The fourth-order valence-corrected chi connectivity index (χ4v) is 9.83. The molecule has 10 aromatic rings. The smallest absolute Gasteiger partial charge is 0.164 e. The molecule has 60 heavy (non-hydrogen) atoms. The fourth-order valence-electron chi connectivity index (χ4n) is 9.83. The average Bonchev–Trinajstić information content (AvgIpc) is 3.60. The van der Waals surface area contributed by atoms with Crippen LogP contribution in [-0.4, -0.2) is 15.0 Å². The van der Waals surface area contributed by atoms with Crippen LogP contribution in [0.3, 0.4) is 0 Å². The van der Waals surface area contributed by atoms with Gasteiger partial charge in [-0.2, -0.15) is 0 Å². The number of benzene rings is 9. The van der Waals surface area contributed by atoms with E-state index in [1.165, 1.54) is 77.5 Å². The van der Waals surface area contributed by atoms with Gasteiger partial charge in [0.2, 0.25) is 0 Å². The number of aryl methyl sites for hydroxylation is 1. The molecule has 0 N–H and O–H groups in total. The first-order valence-electron chi connectivity index (χ1n) is 20.6. The summed E-state index contributed by atoms with van der Waals surface area (Å²) < 4.78 is 0. The Morgan fingerprint density at radius 1 is 0.300 bits per heavy atom. The number of fused-ring (bicyclic) bond motifs is 9. The van der Waals surface area contributed by atoms with Crippen molar-refractivity contribution in [3.8, 4) is 78.7 Å². The molecule has 1 spiro atoms. The van der Waals surface area contributed by atoms with Crippen LogP contribution < -0.4 is 0 Å². The highest BCUT2D eigenvalue weighted by atomic mass is 15.0. The summed E-state index contributed by atoms with van der Waals surface area (Å²) >= 11 is 0. The van der Waals surface area contributed by atoms with Gasteiger partial charge in [-0.1, -0.05) is 200 Å². The highest BCUT2D eigenvalue weighted by Gasteiger charge is 2.50. The quantitative estimate of drug-likeness (QED) is 0.175. The van der Waals surface area contributed by atoms with E-state index in [9.17, 15) is 0 Å². The third kappa shape index (κ3) is 5.19. The SMILES string of the molecule is Cc1ccc(-c2ccc3c(c2)C2(c4cc(-c5ccc(-c6nc(-c7ccccc7)nc(-c7ccccc7)n6)cc5)ccc4-3)c3ccccc3-c3cccc4cccc2c34)cc1. The first-order chi connectivity index (χ1) is 29.6. The van der Waals surface area contributed by atoms with E-state index in [2.05, 4.69) is 153 Å². The van der Waals surface area contributed by atoms with Crippen LogP contribution in [0.1, 0.15) is 27.8 Å². The normalized spacial score (nSPS) is 14.5. The van der Waals surface area contributed by atoms with Gasteiger partial charge in [-0.05, 0) is 96.6 Å². The van der Waals surface area contributed by atoms with E-state index >= 15 is 0 Å². The third-order valence-electron chi connectivity index (χ3n) is 12.6. The maximum Gasteiger partial charge on any atom is 0.164 e. The third-order valence-corrected chi connectivity index (χ3v) is 12.6. The Balaban J connectivity index is 1.04. The van der Waals surface area contributed by atoms with Gasteiger partial charge in [0.15, 0.2) is 17.5 Å². The zero-order chi connectivity index (χ0) is 39.8. The predicted octanol–water partition coefficient (Wildman–Crippen LogP) is 14.0. The van der Waals surface area contributed by atoms with Crippen molar-refractivity contribution in [3.05, 3.63) is 234 Å². The minimum absolute atomic E-state index is 0.529. The van der Waals surface area contributed by atoms with Crippen molar-refractivity contribution >= 4 is 10.8 Å². The monoisotopic (exact) mass is 763 g/mol. The molecule has 0 saturated heterocycles. The van der Waals surface area contributed by atoms with Crippen molar-refractivity contribution in [1.29, 1.82) is 0 Å². The zero-order valence-corrected chi connectivity index (χ0v) is 33.0. The lowest BCUT2D eigenvalue weighted by Crippen LogP contribution is -2.31. The van der Waals surface area contributed by atoms with Gasteiger partial charge in [0, 0.05) is 16.7 Å². The molecule has 3 nitrogen and oxygen atoms in total. The van der Waals surface area contributed by atoms with Crippen LogP contribution in [-0.2, 0) is 5.41 Å². The van der Waals surface area contributed by atoms with Crippen molar-refractivity contribution < 1.29 is 0 Å². The summed E-state index contributed by atoms with van der Waals surface area (Å²) in [6.45, 7) is 2.15. The Labute approximate surface area is 349 Å². The molecule has 1 unspecified atom stereocenters. The van der Waals surface area contributed by atoms with Gasteiger partial charge in [0.05, 0.1) is 5.41 Å². The highest BCUT2D eigenvalue weighted by molar-refractivity contribution is 6.07. The van der Waals surface area contributed by atoms with Crippen LogP contribution in [0.25, 0.3) is 89.4 Å². The van der Waals surface area contributed by atoms with Crippen LogP contribution in [0.5, 0.6) is 0 Å². The standard InChI is InChI=1S/C57H37N3/c1-36-22-24-37(25-23-36)43-30-32-46-47-33-31-44(35-52(47)57(51(46)34-43)49-20-9-8-18-45(49)48-19-10-16-39-17-11-21-50(57)53(39)48)38-26-28-42(29-27-38)56-59-54(40-12-4-2-5-13-40)58-55(60-56)41-14-6-3-7-15-41/h2-35H,1H3. The van der Waals surface area contributed by atoms with Gasteiger partial charge in [-0.15, -0.1) is 0 Å². The molecule has 0 bridgehead atoms. The Hall–Kier alpha value is -7.75. The second-order valence-electron chi connectivity index (χ2n) is 16.0. The number of aromatic nitrogens is 3. The van der Waals surface area contributed by atoms with E-state index < -0.39 is 5.41 Å². The molecule has 2 aliphatic rings. The van der Waals surface area contributed by atoms with Gasteiger partial charge in [-0.3, -0.25) is 0 Å².